The molecule has 0 aliphatic carbocycles. The van der Waals surface area contributed by atoms with Gasteiger partial charge in [-0.1, -0.05) is 50.6 Å². The Morgan fingerprint density at radius 1 is 1.33 bits per heavy atom. The van der Waals surface area contributed by atoms with Gasteiger partial charge in [-0.2, -0.15) is 0 Å². The molecule has 82 valence electrons. The van der Waals surface area contributed by atoms with Gasteiger partial charge < -0.3 is 4.74 Å². The van der Waals surface area contributed by atoms with E-state index in [2.05, 4.69) is 13.8 Å². The highest BCUT2D eigenvalue weighted by Crippen LogP contribution is 2.04. The molecule has 0 aromatic heterocycles. The molecule has 0 heterocycles. The summed E-state index contributed by atoms with van der Waals surface area (Å²) in [5.74, 6) is 0.311. The van der Waals surface area contributed by atoms with Crippen molar-refractivity contribution in [2.45, 2.75) is 26.7 Å². The van der Waals surface area contributed by atoms with Crippen molar-refractivity contribution in [3.8, 4) is 0 Å². The van der Waals surface area contributed by atoms with Gasteiger partial charge in [-0.25, -0.2) is 0 Å². The van der Waals surface area contributed by atoms with Crippen LogP contribution in [0.2, 0.25) is 0 Å². The van der Waals surface area contributed by atoms with Gasteiger partial charge in [0.2, 0.25) is 0 Å². The van der Waals surface area contributed by atoms with Crippen molar-refractivity contribution in [2.75, 3.05) is 6.61 Å². The fourth-order valence-electron chi connectivity index (χ4n) is 1.17. The van der Waals surface area contributed by atoms with Crippen LogP contribution in [0.3, 0.4) is 0 Å². The monoisotopic (exact) mass is 206 g/mol. The van der Waals surface area contributed by atoms with Crippen molar-refractivity contribution in [1.82, 2.24) is 0 Å². The second-order valence-electron chi connectivity index (χ2n) is 3.86. The van der Waals surface area contributed by atoms with E-state index in [1.165, 1.54) is 0 Å². The summed E-state index contributed by atoms with van der Waals surface area (Å²) in [7, 11) is 0. The van der Waals surface area contributed by atoms with Crippen LogP contribution < -0.4 is 0 Å². The summed E-state index contributed by atoms with van der Waals surface area (Å²) in [6, 6.07) is 9.66. The first kappa shape index (κ1) is 11.8. The fraction of sp³-hybridized carbons (Fsp3) is 0.462. The van der Waals surface area contributed by atoms with Crippen molar-refractivity contribution in [3.05, 3.63) is 35.9 Å². The second kappa shape index (κ2) is 6.23. The van der Waals surface area contributed by atoms with Gasteiger partial charge in [-0.15, -0.1) is 0 Å². The van der Waals surface area contributed by atoms with Crippen LogP contribution in [0.25, 0.3) is 0 Å². The Labute approximate surface area is 91.3 Å². The highest BCUT2D eigenvalue weighted by molar-refractivity contribution is 5.72. The van der Waals surface area contributed by atoms with Gasteiger partial charge in [0.05, 0.1) is 13.0 Å². The number of hydrogen-bond acceptors (Lipinski definition) is 2. The third kappa shape index (κ3) is 4.63. The molecule has 1 unspecified atom stereocenters. The number of carbonyl (C=O) groups excluding carboxylic acids is 1. The lowest BCUT2D eigenvalue weighted by atomic mass is 10.1. The molecule has 2 nitrogen and oxygen atoms in total. The topological polar surface area (TPSA) is 26.3 Å². The first-order chi connectivity index (χ1) is 7.22. The summed E-state index contributed by atoms with van der Waals surface area (Å²) in [6.07, 6.45) is 1.41. The first-order valence-corrected chi connectivity index (χ1v) is 5.42. The minimum Gasteiger partial charge on any atom is -0.465 e. The molecule has 0 radical (unpaired) electrons. The van der Waals surface area contributed by atoms with Gasteiger partial charge >= 0.3 is 5.97 Å². The molecule has 2 heteroatoms. The van der Waals surface area contributed by atoms with Gasteiger partial charge in [-0.3, -0.25) is 4.79 Å². The minimum absolute atomic E-state index is 0.137. The van der Waals surface area contributed by atoms with Crippen molar-refractivity contribution in [3.63, 3.8) is 0 Å². The third-order valence-electron chi connectivity index (χ3n) is 2.42. The van der Waals surface area contributed by atoms with Crippen LogP contribution in [-0.4, -0.2) is 12.6 Å². The highest BCUT2D eigenvalue weighted by Gasteiger charge is 2.06. The zero-order chi connectivity index (χ0) is 11.1. The number of ether oxygens (including phenoxy) is 1. The van der Waals surface area contributed by atoms with Crippen LogP contribution in [-0.2, 0) is 16.0 Å². The van der Waals surface area contributed by atoms with Gasteiger partial charge in [0.25, 0.3) is 0 Å². The molecule has 0 aliphatic heterocycles. The predicted molar refractivity (Wildman–Crippen MR) is 60.6 cm³/mol. The number of carbonyl (C=O) groups is 1. The van der Waals surface area contributed by atoms with Crippen LogP contribution >= 0.6 is 0 Å². The number of hydrogen-bond donors (Lipinski definition) is 0. The van der Waals surface area contributed by atoms with Crippen molar-refractivity contribution < 1.29 is 9.53 Å². The largest absolute Gasteiger partial charge is 0.465 e. The molecular formula is C13H18O2. The smallest absolute Gasteiger partial charge is 0.310 e. The molecule has 1 aromatic rings. The lowest BCUT2D eigenvalue weighted by molar-refractivity contribution is -0.144. The summed E-state index contributed by atoms with van der Waals surface area (Å²) >= 11 is 0. The van der Waals surface area contributed by atoms with Crippen LogP contribution in [0.4, 0.5) is 0 Å². The average molecular weight is 206 g/mol. The molecule has 0 spiro atoms. The van der Waals surface area contributed by atoms with Crippen molar-refractivity contribution >= 4 is 5.97 Å². The molecule has 15 heavy (non-hydrogen) atoms. The highest BCUT2D eigenvalue weighted by atomic mass is 16.5. The molecule has 0 fully saturated rings. The molecule has 0 N–H and O–H groups in total. The molecule has 0 saturated heterocycles. The Hall–Kier alpha value is -1.31. The van der Waals surface area contributed by atoms with E-state index in [0.29, 0.717) is 18.9 Å². The van der Waals surface area contributed by atoms with Gasteiger partial charge in [0.1, 0.15) is 0 Å². The Bertz CT molecular complexity index is 293. The van der Waals surface area contributed by atoms with Crippen molar-refractivity contribution in [1.29, 1.82) is 0 Å². The maximum absolute atomic E-state index is 11.4. The third-order valence-corrected chi connectivity index (χ3v) is 2.42. The lowest BCUT2D eigenvalue weighted by Crippen LogP contribution is -2.13. The van der Waals surface area contributed by atoms with E-state index in [4.69, 9.17) is 4.74 Å². The van der Waals surface area contributed by atoms with E-state index < -0.39 is 0 Å². The summed E-state index contributed by atoms with van der Waals surface area (Å²) < 4.78 is 5.16. The molecular weight excluding hydrogens is 188 g/mol. The van der Waals surface area contributed by atoms with E-state index in [-0.39, 0.29) is 5.97 Å². The zero-order valence-electron chi connectivity index (χ0n) is 9.40. The van der Waals surface area contributed by atoms with Crippen LogP contribution in [0, 0.1) is 5.92 Å². The standard InChI is InChI=1S/C13H18O2/c1-3-11(2)10-15-13(14)9-12-7-5-4-6-8-12/h4-8,11H,3,9-10H2,1-2H3. The number of benzene rings is 1. The Morgan fingerprint density at radius 2 is 2.00 bits per heavy atom. The second-order valence-corrected chi connectivity index (χ2v) is 3.86. The average Bonchev–Trinajstić information content (AvgIpc) is 2.27. The minimum atomic E-state index is -0.137. The Morgan fingerprint density at radius 3 is 2.60 bits per heavy atom. The van der Waals surface area contributed by atoms with Crippen molar-refractivity contribution in [2.24, 2.45) is 5.92 Å². The Kier molecular flexibility index (Phi) is 4.88. The predicted octanol–water partition coefficient (Wildman–Crippen LogP) is 2.82. The zero-order valence-corrected chi connectivity index (χ0v) is 9.40. The molecule has 0 amide bonds. The summed E-state index contributed by atoms with van der Waals surface area (Å²) in [5, 5.41) is 0. The summed E-state index contributed by atoms with van der Waals surface area (Å²) in [4.78, 5) is 11.4. The van der Waals surface area contributed by atoms with E-state index >= 15 is 0 Å². The summed E-state index contributed by atoms with van der Waals surface area (Å²) in [5.41, 5.74) is 1.01. The molecule has 1 rings (SSSR count). The quantitative estimate of drug-likeness (QED) is 0.692. The maximum atomic E-state index is 11.4. The SMILES string of the molecule is CCC(C)COC(=O)Cc1ccccc1. The van der Waals surface area contributed by atoms with Gasteiger partial charge in [-0.05, 0) is 11.5 Å². The molecule has 0 bridgehead atoms. The van der Waals surface area contributed by atoms with E-state index in [1.807, 2.05) is 30.3 Å². The maximum Gasteiger partial charge on any atom is 0.310 e. The first-order valence-electron chi connectivity index (χ1n) is 5.42. The van der Waals surface area contributed by atoms with E-state index in [9.17, 15) is 4.79 Å². The fourth-order valence-corrected chi connectivity index (χ4v) is 1.17. The van der Waals surface area contributed by atoms with Crippen LogP contribution in [0.1, 0.15) is 25.8 Å². The van der Waals surface area contributed by atoms with Crippen LogP contribution in [0.5, 0.6) is 0 Å². The van der Waals surface area contributed by atoms with Gasteiger partial charge in [0, 0.05) is 0 Å². The Balaban J connectivity index is 2.31. The van der Waals surface area contributed by atoms with E-state index in [1.54, 1.807) is 0 Å². The van der Waals surface area contributed by atoms with E-state index in [0.717, 1.165) is 12.0 Å². The molecule has 0 aliphatic rings. The normalized spacial score (nSPS) is 12.1. The number of esters is 1. The number of rotatable bonds is 5. The summed E-state index contributed by atoms with van der Waals surface area (Å²) in [6.45, 7) is 4.70. The van der Waals surface area contributed by atoms with Gasteiger partial charge in [0.15, 0.2) is 0 Å². The molecule has 0 saturated carbocycles. The molecule has 1 aromatic carbocycles. The van der Waals surface area contributed by atoms with Crippen LogP contribution in [0.15, 0.2) is 30.3 Å². The lowest BCUT2D eigenvalue weighted by Gasteiger charge is -2.09. The molecule has 1 atom stereocenters.